The smallest absolute Gasteiger partial charge is 0.416 e. The number of rotatable bonds is 12. The van der Waals surface area contributed by atoms with Crippen LogP contribution in [0.3, 0.4) is 0 Å². The lowest BCUT2D eigenvalue weighted by molar-refractivity contribution is -0.145. The normalized spacial score (nSPS) is 13.6. The monoisotopic (exact) mass is 576 g/mol. The molecule has 41 heavy (non-hydrogen) atoms. The summed E-state index contributed by atoms with van der Waals surface area (Å²) in [6.07, 6.45) is -5.87. The molecule has 0 aromatic heterocycles. The topological polar surface area (TPSA) is 41.6 Å². The molecule has 0 heterocycles. The van der Waals surface area contributed by atoms with Crippen LogP contribution in [0.4, 0.5) is 26.3 Å². The predicted molar refractivity (Wildman–Crippen MR) is 145 cm³/mol. The zero-order valence-corrected chi connectivity index (χ0v) is 22.3. The van der Waals surface area contributed by atoms with Gasteiger partial charge >= 0.3 is 18.3 Å². The molecule has 0 saturated carbocycles. The summed E-state index contributed by atoms with van der Waals surface area (Å²) in [4.78, 5) is 15.3. The van der Waals surface area contributed by atoms with Crippen LogP contribution < -0.4 is 5.32 Å². The highest BCUT2D eigenvalue weighted by Gasteiger charge is 2.37. The number of nitrogens with one attached hydrogen (secondary N) is 1. The standard InChI is InChI=1S/C31H30F6N2O2/c1-4-19-39(20-5-2)28(23-9-7-6-8-10-23)27(29(40)41-3)38-26(21-11-15-24(16-12-21)30(32,33)34)22-13-17-25(18-14-22)31(35,36)37/h4-18,26-28,38H,1-2,19-20H2,3H3/t27-,28-/m0/s1. The molecule has 0 aliphatic heterocycles. The predicted octanol–water partition coefficient (Wildman–Crippen LogP) is 7.36. The highest BCUT2D eigenvalue weighted by atomic mass is 19.4. The Hall–Kier alpha value is -3.89. The van der Waals surface area contributed by atoms with Crippen molar-refractivity contribution in [1.29, 1.82) is 0 Å². The fourth-order valence-electron chi connectivity index (χ4n) is 4.61. The molecule has 0 saturated heterocycles. The molecule has 2 atom stereocenters. The second-order valence-corrected chi connectivity index (χ2v) is 9.23. The highest BCUT2D eigenvalue weighted by molar-refractivity contribution is 5.77. The van der Waals surface area contributed by atoms with Crippen molar-refractivity contribution in [2.45, 2.75) is 30.5 Å². The number of carbonyl (C=O) groups is 1. The number of halogens is 6. The Kier molecular flexibility index (Phi) is 10.5. The Morgan fingerprint density at radius 2 is 1.22 bits per heavy atom. The van der Waals surface area contributed by atoms with Gasteiger partial charge < -0.3 is 4.74 Å². The van der Waals surface area contributed by atoms with Gasteiger partial charge in [-0.25, -0.2) is 0 Å². The Morgan fingerprint density at radius 1 is 0.780 bits per heavy atom. The Bertz CT molecular complexity index is 1220. The summed E-state index contributed by atoms with van der Waals surface area (Å²) in [5.74, 6) is -0.680. The molecule has 3 aromatic rings. The number of hydrogen-bond acceptors (Lipinski definition) is 4. The first kappa shape index (κ1) is 31.6. The summed E-state index contributed by atoms with van der Waals surface area (Å²) >= 11 is 0. The lowest BCUT2D eigenvalue weighted by Crippen LogP contribution is -2.50. The van der Waals surface area contributed by atoms with Crippen molar-refractivity contribution >= 4 is 5.97 Å². The molecule has 0 unspecified atom stereocenters. The molecule has 3 rings (SSSR count). The average molecular weight is 577 g/mol. The molecule has 1 N–H and O–H groups in total. The van der Waals surface area contributed by atoms with Gasteiger partial charge in [-0.1, -0.05) is 66.7 Å². The van der Waals surface area contributed by atoms with Crippen molar-refractivity contribution in [1.82, 2.24) is 10.2 Å². The molecule has 3 aromatic carbocycles. The lowest BCUT2D eigenvalue weighted by atomic mass is 9.92. The summed E-state index contributed by atoms with van der Waals surface area (Å²) in [6, 6.07) is 14.7. The van der Waals surface area contributed by atoms with Crippen LogP contribution in [0.25, 0.3) is 0 Å². The van der Waals surface area contributed by atoms with E-state index in [-0.39, 0.29) is 0 Å². The van der Waals surface area contributed by atoms with Crippen molar-refractivity contribution < 1.29 is 35.9 Å². The molecule has 0 aliphatic carbocycles. The van der Waals surface area contributed by atoms with E-state index in [1.165, 1.54) is 31.4 Å². The molecule has 0 radical (unpaired) electrons. The molecular formula is C31H30F6N2O2. The number of methoxy groups -OCH3 is 1. The Morgan fingerprint density at radius 3 is 1.59 bits per heavy atom. The molecule has 4 nitrogen and oxygen atoms in total. The van der Waals surface area contributed by atoms with Crippen molar-refractivity contribution in [2.24, 2.45) is 0 Å². The van der Waals surface area contributed by atoms with Gasteiger partial charge in [0.1, 0.15) is 6.04 Å². The van der Waals surface area contributed by atoms with E-state index in [0.717, 1.165) is 29.8 Å². The van der Waals surface area contributed by atoms with Crippen LogP contribution >= 0.6 is 0 Å². The van der Waals surface area contributed by atoms with E-state index < -0.39 is 47.6 Å². The van der Waals surface area contributed by atoms with Gasteiger partial charge in [0.25, 0.3) is 0 Å². The molecule has 0 aliphatic rings. The van der Waals surface area contributed by atoms with Crippen molar-refractivity contribution in [2.75, 3.05) is 20.2 Å². The Balaban J connectivity index is 2.18. The number of hydrogen-bond donors (Lipinski definition) is 1. The van der Waals surface area contributed by atoms with Crippen LogP contribution in [0.5, 0.6) is 0 Å². The summed E-state index contributed by atoms with van der Waals surface area (Å²) in [7, 11) is 1.20. The van der Waals surface area contributed by atoms with Gasteiger partial charge in [-0.15, -0.1) is 13.2 Å². The van der Waals surface area contributed by atoms with Crippen LogP contribution in [0, 0.1) is 0 Å². The van der Waals surface area contributed by atoms with E-state index in [9.17, 15) is 31.1 Å². The number of alkyl halides is 6. The minimum Gasteiger partial charge on any atom is -0.468 e. The minimum absolute atomic E-state index is 0.303. The van der Waals surface area contributed by atoms with E-state index in [0.29, 0.717) is 24.2 Å². The third kappa shape index (κ3) is 8.08. The molecular weight excluding hydrogens is 546 g/mol. The maximum atomic E-state index is 13.3. The lowest BCUT2D eigenvalue weighted by Gasteiger charge is -2.37. The average Bonchev–Trinajstić information content (AvgIpc) is 2.94. The largest absolute Gasteiger partial charge is 0.468 e. The quantitative estimate of drug-likeness (QED) is 0.139. The van der Waals surface area contributed by atoms with Gasteiger partial charge in [0.2, 0.25) is 0 Å². The van der Waals surface area contributed by atoms with Gasteiger partial charge in [0.05, 0.1) is 30.3 Å². The van der Waals surface area contributed by atoms with Crippen LogP contribution in [-0.4, -0.2) is 37.1 Å². The van der Waals surface area contributed by atoms with Gasteiger partial charge in [-0.3, -0.25) is 15.0 Å². The number of esters is 1. The maximum absolute atomic E-state index is 13.3. The fourth-order valence-corrected chi connectivity index (χ4v) is 4.61. The van der Waals surface area contributed by atoms with Gasteiger partial charge in [-0.05, 0) is 41.0 Å². The zero-order chi connectivity index (χ0) is 30.2. The first-order valence-electron chi connectivity index (χ1n) is 12.6. The van der Waals surface area contributed by atoms with Crippen LogP contribution in [0.2, 0.25) is 0 Å². The second kappa shape index (κ2) is 13.6. The van der Waals surface area contributed by atoms with E-state index >= 15 is 0 Å². The number of nitrogens with zero attached hydrogens (tertiary/aromatic N) is 1. The third-order valence-electron chi connectivity index (χ3n) is 6.52. The van der Waals surface area contributed by atoms with E-state index in [2.05, 4.69) is 18.5 Å². The maximum Gasteiger partial charge on any atom is 0.416 e. The van der Waals surface area contributed by atoms with E-state index in [1.807, 2.05) is 17.0 Å². The molecule has 0 amide bonds. The third-order valence-corrected chi connectivity index (χ3v) is 6.52. The van der Waals surface area contributed by atoms with Crippen molar-refractivity contribution in [3.63, 3.8) is 0 Å². The summed E-state index contributed by atoms with van der Waals surface area (Å²) in [5, 5.41) is 3.20. The molecule has 0 bridgehead atoms. The summed E-state index contributed by atoms with van der Waals surface area (Å²) in [5.41, 5.74) is -0.447. The molecule has 0 fully saturated rings. The second-order valence-electron chi connectivity index (χ2n) is 9.23. The van der Waals surface area contributed by atoms with Crippen molar-refractivity contribution in [3.8, 4) is 0 Å². The summed E-state index contributed by atoms with van der Waals surface area (Å²) in [6.45, 7) is 8.28. The van der Waals surface area contributed by atoms with E-state index in [1.54, 1.807) is 30.4 Å². The van der Waals surface area contributed by atoms with Gasteiger partial charge in [0.15, 0.2) is 0 Å². The first-order chi connectivity index (χ1) is 19.4. The van der Waals surface area contributed by atoms with Gasteiger partial charge in [-0.2, -0.15) is 26.3 Å². The van der Waals surface area contributed by atoms with Gasteiger partial charge in [0, 0.05) is 13.1 Å². The first-order valence-corrected chi connectivity index (χ1v) is 12.6. The number of carbonyl (C=O) groups excluding carboxylic acids is 1. The highest BCUT2D eigenvalue weighted by Crippen LogP contribution is 2.35. The minimum atomic E-state index is -4.58. The van der Waals surface area contributed by atoms with Crippen LogP contribution in [0.1, 0.15) is 39.9 Å². The number of ether oxygens (including phenoxy) is 1. The van der Waals surface area contributed by atoms with E-state index in [4.69, 9.17) is 4.74 Å². The molecule has 10 heteroatoms. The Labute approximate surface area is 234 Å². The van der Waals surface area contributed by atoms with Crippen LogP contribution in [0.15, 0.2) is 104 Å². The van der Waals surface area contributed by atoms with Crippen molar-refractivity contribution in [3.05, 3.63) is 132 Å². The summed E-state index contributed by atoms with van der Waals surface area (Å²) < 4.78 is 84.8. The number of benzene rings is 3. The van der Waals surface area contributed by atoms with Crippen LogP contribution in [-0.2, 0) is 21.9 Å². The molecule has 218 valence electrons. The fraction of sp³-hybridized carbons (Fsp3) is 0.258. The molecule has 0 spiro atoms. The zero-order valence-electron chi connectivity index (χ0n) is 22.3. The SMILES string of the molecule is C=CCN(CC=C)[C@@H](c1ccccc1)[C@H](NC(c1ccc(C(F)(F)F)cc1)c1ccc(C(F)(F)F)cc1)C(=O)OC.